The second-order valence-corrected chi connectivity index (χ2v) is 5.82. The van der Waals surface area contributed by atoms with Gasteiger partial charge in [-0.1, -0.05) is 6.92 Å². The quantitative estimate of drug-likeness (QED) is 0.784. The van der Waals surface area contributed by atoms with Gasteiger partial charge < -0.3 is 5.32 Å². The molecule has 3 rings (SSSR count). The molecule has 0 bridgehead atoms. The van der Waals surface area contributed by atoms with Crippen LogP contribution in [0.2, 0.25) is 0 Å². The number of rotatable bonds is 5. The number of nitrogens with one attached hydrogen (secondary N) is 1. The first-order valence-electron chi connectivity index (χ1n) is 6.82. The summed E-state index contributed by atoms with van der Waals surface area (Å²) in [6, 6.07) is 0.262. The summed E-state index contributed by atoms with van der Waals surface area (Å²) >= 11 is 1.67. The third-order valence-corrected chi connectivity index (χ3v) is 4.43. The highest BCUT2D eigenvalue weighted by Crippen LogP contribution is 2.22. The Labute approximate surface area is 122 Å². The Kier molecular flexibility index (Phi) is 3.58. The van der Waals surface area contributed by atoms with Crippen LogP contribution in [0.25, 0.3) is 4.96 Å². The van der Waals surface area contributed by atoms with Crippen molar-refractivity contribution < 1.29 is 0 Å². The van der Waals surface area contributed by atoms with Crippen molar-refractivity contribution in [2.45, 2.75) is 26.3 Å². The minimum Gasteiger partial charge on any atom is -0.310 e. The van der Waals surface area contributed by atoms with E-state index >= 15 is 0 Å². The third-order valence-electron chi connectivity index (χ3n) is 3.66. The summed E-state index contributed by atoms with van der Waals surface area (Å²) in [7, 11) is 1.98. The van der Waals surface area contributed by atoms with Gasteiger partial charge in [-0.2, -0.15) is 5.10 Å². The van der Waals surface area contributed by atoms with Crippen LogP contribution in [-0.2, 0) is 13.5 Å². The fourth-order valence-corrected chi connectivity index (χ4v) is 3.20. The van der Waals surface area contributed by atoms with Crippen LogP contribution in [-0.4, -0.2) is 25.7 Å². The Morgan fingerprint density at radius 1 is 1.45 bits per heavy atom. The predicted molar refractivity (Wildman–Crippen MR) is 81.1 cm³/mol. The minimum absolute atomic E-state index is 0.262. The Bertz CT molecular complexity index is 680. The number of nitrogens with zero attached hydrogens (tertiary/aromatic N) is 4. The van der Waals surface area contributed by atoms with E-state index in [-0.39, 0.29) is 6.04 Å². The monoisotopic (exact) mass is 289 g/mol. The molecular weight excluding hydrogens is 270 g/mol. The van der Waals surface area contributed by atoms with Crippen LogP contribution < -0.4 is 5.32 Å². The van der Waals surface area contributed by atoms with Gasteiger partial charge in [-0.3, -0.25) is 9.08 Å². The lowest BCUT2D eigenvalue weighted by Gasteiger charge is -2.16. The molecule has 0 amide bonds. The number of aryl methyl sites for hydroxylation is 1. The number of fused-ring (bicyclic) bond motifs is 1. The lowest BCUT2D eigenvalue weighted by molar-refractivity contribution is 0.541. The molecule has 0 aromatic carbocycles. The number of hydrogen-bond acceptors (Lipinski definition) is 4. The molecule has 0 radical (unpaired) electrons. The maximum atomic E-state index is 4.67. The molecule has 3 heterocycles. The highest BCUT2D eigenvalue weighted by molar-refractivity contribution is 7.15. The van der Waals surface area contributed by atoms with Gasteiger partial charge in [0.05, 0.1) is 11.9 Å². The van der Waals surface area contributed by atoms with Crippen molar-refractivity contribution in [2.75, 3.05) is 6.54 Å². The molecule has 0 aliphatic heterocycles. The Hall–Kier alpha value is -1.66. The van der Waals surface area contributed by atoms with Gasteiger partial charge in [0.25, 0.3) is 0 Å². The molecule has 3 aromatic heterocycles. The van der Waals surface area contributed by atoms with Gasteiger partial charge in [-0.25, -0.2) is 4.98 Å². The molecule has 6 heteroatoms. The Morgan fingerprint density at radius 2 is 2.30 bits per heavy atom. The van der Waals surface area contributed by atoms with Crippen LogP contribution >= 0.6 is 11.3 Å². The van der Waals surface area contributed by atoms with Gasteiger partial charge in [0.2, 0.25) is 0 Å². The first kappa shape index (κ1) is 13.3. The predicted octanol–water partition coefficient (Wildman–Crippen LogP) is 2.33. The third kappa shape index (κ3) is 2.36. The zero-order valence-corrected chi connectivity index (χ0v) is 12.8. The molecule has 0 fully saturated rings. The molecule has 0 aliphatic rings. The zero-order valence-electron chi connectivity index (χ0n) is 12.0. The number of thiazole rings is 1. The first-order valence-corrected chi connectivity index (χ1v) is 7.70. The van der Waals surface area contributed by atoms with E-state index in [1.54, 1.807) is 11.3 Å². The molecular formula is C14H19N5S. The number of likely N-dealkylation sites (N-methyl/N-ethyl adjacent to an activating group) is 1. The summed E-state index contributed by atoms with van der Waals surface area (Å²) < 4.78 is 4.00. The van der Waals surface area contributed by atoms with Crippen LogP contribution in [0.3, 0.4) is 0 Å². The van der Waals surface area contributed by atoms with Crippen LogP contribution in [0.4, 0.5) is 0 Å². The summed E-state index contributed by atoms with van der Waals surface area (Å²) in [6.07, 6.45) is 7.01. The van der Waals surface area contributed by atoms with E-state index in [1.807, 2.05) is 24.1 Å². The van der Waals surface area contributed by atoms with Crippen molar-refractivity contribution in [1.29, 1.82) is 0 Å². The Balaban J connectivity index is 1.87. The van der Waals surface area contributed by atoms with Crippen molar-refractivity contribution in [1.82, 2.24) is 24.5 Å². The zero-order chi connectivity index (χ0) is 14.1. The summed E-state index contributed by atoms with van der Waals surface area (Å²) in [6.45, 7) is 5.17. The first-order chi connectivity index (χ1) is 9.69. The lowest BCUT2D eigenvalue weighted by Crippen LogP contribution is -2.23. The fourth-order valence-electron chi connectivity index (χ4n) is 2.48. The average molecular weight is 289 g/mol. The molecule has 3 aromatic rings. The number of imidazole rings is 1. The van der Waals surface area contributed by atoms with E-state index in [0.29, 0.717) is 0 Å². The highest BCUT2D eigenvalue weighted by atomic mass is 32.1. The van der Waals surface area contributed by atoms with Crippen molar-refractivity contribution >= 4 is 16.3 Å². The molecule has 106 valence electrons. The largest absolute Gasteiger partial charge is 0.310 e. The van der Waals surface area contributed by atoms with Crippen LogP contribution in [0.15, 0.2) is 24.0 Å². The Morgan fingerprint density at radius 3 is 2.95 bits per heavy atom. The molecule has 1 unspecified atom stereocenters. The van der Waals surface area contributed by atoms with Crippen molar-refractivity contribution in [3.8, 4) is 0 Å². The summed E-state index contributed by atoms with van der Waals surface area (Å²) in [5.41, 5.74) is 3.58. The van der Waals surface area contributed by atoms with Gasteiger partial charge in [-0.15, -0.1) is 11.3 Å². The van der Waals surface area contributed by atoms with E-state index in [2.05, 4.69) is 45.2 Å². The number of aromatic nitrogens is 4. The SMILES string of the molecule is CCNC(Cc1cn2ccsc2n1)c1cnn(C)c1C. The molecule has 0 spiro atoms. The molecule has 0 saturated heterocycles. The maximum Gasteiger partial charge on any atom is 0.193 e. The molecule has 1 atom stereocenters. The normalized spacial score (nSPS) is 13.2. The van der Waals surface area contributed by atoms with Crippen LogP contribution in [0.5, 0.6) is 0 Å². The van der Waals surface area contributed by atoms with Gasteiger partial charge in [0.1, 0.15) is 0 Å². The standard InChI is InChI=1S/C14H19N5S/c1-4-15-13(12-8-16-18(3)10(12)2)7-11-9-19-5-6-20-14(19)17-11/h5-6,8-9,13,15H,4,7H2,1-3H3. The summed E-state index contributed by atoms with van der Waals surface area (Å²) in [5, 5.41) is 9.94. The van der Waals surface area contributed by atoms with Crippen molar-refractivity contribution in [3.63, 3.8) is 0 Å². The van der Waals surface area contributed by atoms with Gasteiger partial charge in [-0.05, 0) is 13.5 Å². The van der Waals surface area contributed by atoms with Crippen molar-refractivity contribution in [2.24, 2.45) is 7.05 Å². The number of hydrogen-bond donors (Lipinski definition) is 1. The second kappa shape index (κ2) is 5.38. The molecule has 5 nitrogen and oxygen atoms in total. The fraction of sp³-hybridized carbons (Fsp3) is 0.429. The average Bonchev–Trinajstić information content (AvgIpc) is 3.06. The summed E-state index contributed by atoms with van der Waals surface area (Å²) in [4.78, 5) is 5.72. The molecule has 20 heavy (non-hydrogen) atoms. The highest BCUT2D eigenvalue weighted by Gasteiger charge is 2.18. The van der Waals surface area contributed by atoms with E-state index in [1.165, 1.54) is 11.3 Å². The minimum atomic E-state index is 0.262. The topological polar surface area (TPSA) is 47.1 Å². The van der Waals surface area contributed by atoms with Gasteiger partial charge >= 0.3 is 0 Å². The molecule has 1 N–H and O–H groups in total. The smallest absolute Gasteiger partial charge is 0.193 e. The maximum absolute atomic E-state index is 4.67. The molecule has 0 aliphatic carbocycles. The lowest BCUT2D eigenvalue weighted by atomic mass is 10.0. The van der Waals surface area contributed by atoms with Crippen LogP contribution in [0.1, 0.15) is 29.9 Å². The second-order valence-electron chi connectivity index (χ2n) is 4.95. The molecule has 0 saturated carbocycles. The van der Waals surface area contributed by atoms with E-state index in [4.69, 9.17) is 0 Å². The van der Waals surface area contributed by atoms with Gasteiger partial charge in [0.15, 0.2) is 4.96 Å². The van der Waals surface area contributed by atoms with E-state index in [9.17, 15) is 0 Å². The van der Waals surface area contributed by atoms with E-state index < -0.39 is 0 Å². The van der Waals surface area contributed by atoms with Gasteiger partial charge in [0, 0.05) is 48.5 Å². The summed E-state index contributed by atoms with van der Waals surface area (Å²) in [5.74, 6) is 0. The van der Waals surface area contributed by atoms with Crippen LogP contribution in [0, 0.1) is 6.92 Å². The van der Waals surface area contributed by atoms with E-state index in [0.717, 1.165) is 23.6 Å². The van der Waals surface area contributed by atoms with Crippen molar-refractivity contribution in [3.05, 3.63) is 40.9 Å².